The maximum absolute atomic E-state index is 10.5. The molecule has 0 saturated heterocycles. The molecule has 0 saturated carbocycles. The van der Waals surface area contributed by atoms with E-state index < -0.39 is 5.91 Å². The summed E-state index contributed by atoms with van der Waals surface area (Å²) in [7, 11) is 0. The molecule has 3 heteroatoms. The summed E-state index contributed by atoms with van der Waals surface area (Å²) in [6.45, 7) is 3.74. The summed E-state index contributed by atoms with van der Waals surface area (Å²) in [5.74, 6) is -0.242. The van der Waals surface area contributed by atoms with Gasteiger partial charge in [0.1, 0.15) is 5.75 Å². The van der Waals surface area contributed by atoms with Crippen LogP contribution in [0.2, 0.25) is 0 Å². The lowest BCUT2D eigenvalue weighted by Crippen LogP contribution is -2.05. The Bertz CT molecular complexity index is 371. The average molecular weight is 191 g/mol. The number of hydrogen-bond acceptors (Lipinski definition) is 2. The van der Waals surface area contributed by atoms with E-state index in [4.69, 9.17) is 5.73 Å². The third-order valence-electron chi connectivity index (χ3n) is 1.99. The van der Waals surface area contributed by atoms with Crippen molar-refractivity contribution in [3.63, 3.8) is 0 Å². The van der Waals surface area contributed by atoms with Crippen LogP contribution in [0.15, 0.2) is 18.2 Å². The van der Waals surface area contributed by atoms with E-state index in [1.807, 2.05) is 13.8 Å². The molecule has 3 N–H and O–H groups in total. The van der Waals surface area contributed by atoms with Gasteiger partial charge in [0.2, 0.25) is 5.91 Å². The second kappa shape index (κ2) is 3.96. The molecule has 14 heavy (non-hydrogen) atoms. The number of rotatable bonds is 2. The average Bonchev–Trinajstić information content (AvgIpc) is 2.01. The molecule has 0 aromatic heterocycles. The van der Waals surface area contributed by atoms with Crippen molar-refractivity contribution in [2.45, 2.75) is 13.8 Å². The van der Waals surface area contributed by atoms with E-state index >= 15 is 0 Å². The van der Waals surface area contributed by atoms with Crippen molar-refractivity contribution in [1.82, 2.24) is 0 Å². The van der Waals surface area contributed by atoms with Crippen molar-refractivity contribution in [3.05, 3.63) is 34.9 Å². The van der Waals surface area contributed by atoms with E-state index in [9.17, 15) is 9.90 Å². The molecule has 0 bridgehead atoms. The van der Waals surface area contributed by atoms with E-state index in [2.05, 4.69) is 0 Å². The minimum atomic E-state index is -0.475. The molecule has 1 aromatic rings. The van der Waals surface area contributed by atoms with Gasteiger partial charge in [-0.25, -0.2) is 0 Å². The van der Waals surface area contributed by atoms with Gasteiger partial charge in [-0.15, -0.1) is 0 Å². The van der Waals surface area contributed by atoms with Gasteiger partial charge >= 0.3 is 0 Å². The fourth-order valence-corrected chi connectivity index (χ4v) is 1.38. The maximum Gasteiger partial charge on any atom is 0.241 e. The van der Waals surface area contributed by atoms with Crippen LogP contribution in [-0.4, -0.2) is 11.0 Å². The number of hydrogen-bond donors (Lipinski definition) is 2. The first-order chi connectivity index (χ1) is 6.50. The van der Waals surface area contributed by atoms with E-state index in [1.54, 1.807) is 18.2 Å². The summed E-state index contributed by atoms with van der Waals surface area (Å²) in [6.07, 6.45) is 2.97. The molecular formula is C11H13NO2. The lowest BCUT2D eigenvalue weighted by atomic mass is 10.0. The Morgan fingerprint density at radius 2 is 1.86 bits per heavy atom. The topological polar surface area (TPSA) is 63.3 Å². The van der Waals surface area contributed by atoms with Crippen LogP contribution in [0.25, 0.3) is 6.08 Å². The molecule has 0 aliphatic carbocycles. The molecule has 0 heterocycles. The van der Waals surface area contributed by atoms with Gasteiger partial charge < -0.3 is 10.8 Å². The molecule has 0 spiro atoms. The maximum atomic E-state index is 10.5. The second-order valence-corrected chi connectivity index (χ2v) is 3.23. The molecule has 1 aromatic carbocycles. The normalized spacial score (nSPS) is 10.7. The number of aryl methyl sites for hydroxylation is 2. The molecule has 0 atom stereocenters. The van der Waals surface area contributed by atoms with Crippen LogP contribution in [0, 0.1) is 13.8 Å². The van der Waals surface area contributed by atoms with Gasteiger partial charge in [-0.2, -0.15) is 0 Å². The Balaban J connectivity index is 3.15. The van der Waals surface area contributed by atoms with Crippen molar-refractivity contribution in [1.29, 1.82) is 0 Å². The molecule has 0 radical (unpaired) electrons. The Kier molecular flexibility index (Phi) is 2.92. The Hall–Kier alpha value is -1.77. The summed E-state index contributed by atoms with van der Waals surface area (Å²) < 4.78 is 0. The lowest BCUT2D eigenvalue weighted by Gasteiger charge is -2.05. The highest BCUT2D eigenvalue weighted by Crippen LogP contribution is 2.21. The van der Waals surface area contributed by atoms with Gasteiger partial charge in [0.05, 0.1) is 0 Å². The van der Waals surface area contributed by atoms with E-state index in [-0.39, 0.29) is 5.75 Å². The SMILES string of the molecule is Cc1cc(O)cc(C)c1/C=C\C(N)=O. The number of carbonyl (C=O) groups excluding carboxylic acids is 1. The van der Waals surface area contributed by atoms with Crippen molar-refractivity contribution in [2.75, 3.05) is 0 Å². The zero-order chi connectivity index (χ0) is 10.7. The molecule has 0 aliphatic rings. The molecule has 1 rings (SSSR count). The molecule has 0 aliphatic heterocycles. The van der Waals surface area contributed by atoms with Gasteiger partial charge in [-0.05, 0) is 48.7 Å². The van der Waals surface area contributed by atoms with Gasteiger partial charge in [0.15, 0.2) is 0 Å². The number of benzene rings is 1. The predicted molar refractivity (Wildman–Crippen MR) is 55.8 cm³/mol. The molecule has 74 valence electrons. The highest BCUT2D eigenvalue weighted by atomic mass is 16.3. The Labute approximate surface area is 82.9 Å². The fraction of sp³-hybridized carbons (Fsp3) is 0.182. The minimum Gasteiger partial charge on any atom is -0.508 e. The summed E-state index contributed by atoms with van der Waals surface area (Å²) in [4.78, 5) is 10.5. The highest BCUT2D eigenvalue weighted by Gasteiger charge is 2.01. The van der Waals surface area contributed by atoms with Gasteiger partial charge in [-0.3, -0.25) is 4.79 Å². The number of carbonyl (C=O) groups is 1. The van der Waals surface area contributed by atoms with Crippen LogP contribution in [0.4, 0.5) is 0 Å². The molecule has 0 unspecified atom stereocenters. The van der Waals surface area contributed by atoms with Crippen molar-refractivity contribution >= 4 is 12.0 Å². The number of primary amides is 1. The smallest absolute Gasteiger partial charge is 0.241 e. The highest BCUT2D eigenvalue weighted by molar-refractivity contribution is 5.90. The minimum absolute atomic E-state index is 0.233. The summed E-state index contributed by atoms with van der Waals surface area (Å²) in [5.41, 5.74) is 7.75. The van der Waals surface area contributed by atoms with Crippen LogP contribution in [0.1, 0.15) is 16.7 Å². The zero-order valence-electron chi connectivity index (χ0n) is 8.24. The monoisotopic (exact) mass is 191 g/mol. The standard InChI is InChI=1S/C11H13NO2/c1-7-5-9(13)6-8(2)10(7)3-4-11(12)14/h3-6,13H,1-2H3,(H2,12,14)/b4-3-. The van der Waals surface area contributed by atoms with Crippen molar-refractivity contribution < 1.29 is 9.90 Å². The van der Waals surface area contributed by atoms with Crippen LogP contribution >= 0.6 is 0 Å². The molecule has 0 fully saturated rings. The molecule has 1 amide bonds. The third kappa shape index (κ3) is 2.36. The van der Waals surface area contributed by atoms with Crippen molar-refractivity contribution in [2.24, 2.45) is 5.73 Å². The first kappa shape index (κ1) is 10.3. The largest absolute Gasteiger partial charge is 0.508 e. The Morgan fingerprint density at radius 1 is 1.36 bits per heavy atom. The predicted octanol–water partition coefficient (Wildman–Crippen LogP) is 1.51. The van der Waals surface area contributed by atoms with Crippen LogP contribution in [-0.2, 0) is 4.79 Å². The fourth-order valence-electron chi connectivity index (χ4n) is 1.38. The van der Waals surface area contributed by atoms with Gasteiger partial charge in [0.25, 0.3) is 0 Å². The molecule has 3 nitrogen and oxygen atoms in total. The van der Waals surface area contributed by atoms with E-state index in [0.717, 1.165) is 16.7 Å². The first-order valence-electron chi connectivity index (χ1n) is 4.28. The summed E-state index contributed by atoms with van der Waals surface area (Å²) in [6, 6.07) is 3.29. The van der Waals surface area contributed by atoms with Crippen LogP contribution in [0.3, 0.4) is 0 Å². The van der Waals surface area contributed by atoms with Crippen LogP contribution in [0.5, 0.6) is 5.75 Å². The van der Waals surface area contributed by atoms with Crippen molar-refractivity contribution in [3.8, 4) is 5.75 Å². The molecular weight excluding hydrogens is 178 g/mol. The Morgan fingerprint density at radius 3 is 2.29 bits per heavy atom. The van der Waals surface area contributed by atoms with E-state index in [0.29, 0.717) is 0 Å². The third-order valence-corrected chi connectivity index (χ3v) is 1.99. The first-order valence-corrected chi connectivity index (χ1v) is 4.28. The number of aromatic hydroxyl groups is 1. The van der Waals surface area contributed by atoms with Gasteiger partial charge in [-0.1, -0.05) is 0 Å². The number of phenols is 1. The van der Waals surface area contributed by atoms with E-state index in [1.165, 1.54) is 6.08 Å². The summed E-state index contributed by atoms with van der Waals surface area (Å²) >= 11 is 0. The quantitative estimate of drug-likeness (QED) is 0.696. The number of nitrogens with two attached hydrogens (primary N) is 1. The second-order valence-electron chi connectivity index (χ2n) is 3.23. The lowest BCUT2D eigenvalue weighted by molar-refractivity contribution is -0.113. The van der Waals surface area contributed by atoms with Crippen LogP contribution < -0.4 is 5.73 Å². The number of amides is 1. The van der Waals surface area contributed by atoms with Gasteiger partial charge in [0, 0.05) is 6.08 Å². The summed E-state index contributed by atoms with van der Waals surface area (Å²) in [5, 5.41) is 9.28. The number of phenolic OH excluding ortho intramolecular Hbond substituents is 1. The zero-order valence-corrected chi connectivity index (χ0v) is 8.24.